The van der Waals surface area contributed by atoms with Crippen LogP contribution in [-0.2, 0) is 6.54 Å². The number of rotatable bonds is 6. The van der Waals surface area contributed by atoms with Crippen LogP contribution < -0.4 is 10.5 Å². The number of nitrogens with zero attached hydrogens (tertiary/aromatic N) is 1. The molecular formula is C14H15BrN2O2S. The number of aliphatic imine (C=N–C) groups is 1. The summed E-state index contributed by atoms with van der Waals surface area (Å²) in [5, 5.41) is 0.542. The summed E-state index contributed by atoms with van der Waals surface area (Å²) < 4.78 is 11.8. The van der Waals surface area contributed by atoms with Crippen LogP contribution in [0.1, 0.15) is 5.76 Å². The third-order valence-electron chi connectivity index (χ3n) is 2.39. The van der Waals surface area contributed by atoms with Gasteiger partial charge in [0.05, 0.1) is 19.4 Å². The maximum absolute atomic E-state index is 5.80. The van der Waals surface area contributed by atoms with Crippen molar-refractivity contribution in [3.8, 4) is 5.75 Å². The van der Waals surface area contributed by atoms with Crippen molar-refractivity contribution in [1.82, 2.24) is 0 Å². The smallest absolute Gasteiger partial charge is 0.154 e. The minimum atomic E-state index is 0.472. The van der Waals surface area contributed by atoms with Crippen molar-refractivity contribution < 1.29 is 9.15 Å². The molecule has 0 atom stereocenters. The van der Waals surface area contributed by atoms with Crippen molar-refractivity contribution in [2.45, 2.75) is 6.54 Å². The van der Waals surface area contributed by atoms with Gasteiger partial charge in [-0.15, -0.1) is 0 Å². The molecular weight excluding hydrogens is 340 g/mol. The summed E-state index contributed by atoms with van der Waals surface area (Å²) >= 11 is 4.85. The number of amidine groups is 1. The van der Waals surface area contributed by atoms with E-state index in [2.05, 4.69) is 20.9 Å². The molecule has 2 N–H and O–H groups in total. The highest BCUT2D eigenvalue weighted by Gasteiger charge is 1.98. The molecule has 0 aliphatic heterocycles. The SMILES string of the molecule is NC(=NCc1ccco1)SCCOc1ccc(Br)cc1. The third kappa shape index (κ3) is 5.30. The second-order valence-corrected chi connectivity index (χ2v) is 5.92. The molecule has 6 heteroatoms. The minimum Gasteiger partial charge on any atom is -0.493 e. The molecule has 4 nitrogen and oxygen atoms in total. The zero-order valence-electron chi connectivity index (χ0n) is 10.8. The molecule has 0 saturated heterocycles. The molecule has 0 unspecified atom stereocenters. The lowest BCUT2D eigenvalue weighted by molar-refractivity contribution is 0.344. The second kappa shape index (κ2) is 8.01. The van der Waals surface area contributed by atoms with Crippen molar-refractivity contribution in [3.63, 3.8) is 0 Å². The van der Waals surface area contributed by atoms with Crippen molar-refractivity contribution in [1.29, 1.82) is 0 Å². The van der Waals surface area contributed by atoms with Crippen LogP contribution in [0.3, 0.4) is 0 Å². The summed E-state index contributed by atoms with van der Waals surface area (Å²) in [7, 11) is 0. The third-order valence-corrected chi connectivity index (χ3v) is 3.71. The first kappa shape index (κ1) is 15.0. The molecule has 20 heavy (non-hydrogen) atoms. The van der Waals surface area contributed by atoms with Gasteiger partial charge in [0.25, 0.3) is 0 Å². The predicted molar refractivity (Wildman–Crippen MR) is 86.1 cm³/mol. The van der Waals surface area contributed by atoms with E-state index in [0.29, 0.717) is 18.3 Å². The van der Waals surface area contributed by atoms with Crippen molar-refractivity contribution >= 4 is 32.9 Å². The summed E-state index contributed by atoms with van der Waals surface area (Å²) in [6.07, 6.45) is 1.63. The molecule has 0 saturated carbocycles. The topological polar surface area (TPSA) is 60.8 Å². The van der Waals surface area contributed by atoms with E-state index in [4.69, 9.17) is 14.9 Å². The van der Waals surface area contributed by atoms with Gasteiger partial charge in [-0.05, 0) is 36.4 Å². The Morgan fingerprint density at radius 1 is 1.30 bits per heavy atom. The number of halogens is 1. The van der Waals surface area contributed by atoms with Gasteiger partial charge in [-0.3, -0.25) is 4.99 Å². The lowest BCUT2D eigenvalue weighted by Gasteiger charge is -2.05. The quantitative estimate of drug-likeness (QED) is 0.488. The standard InChI is InChI=1S/C14H15BrN2O2S/c15-11-3-5-12(6-4-11)19-8-9-20-14(16)17-10-13-2-1-7-18-13/h1-7H,8-10H2,(H2,16,17). The van der Waals surface area contributed by atoms with Crippen LogP contribution in [0, 0.1) is 0 Å². The van der Waals surface area contributed by atoms with E-state index in [9.17, 15) is 0 Å². The number of thioether (sulfide) groups is 1. The second-order valence-electron chi connectivity index (χ2n) is 3.88. The fourth-order valence-electron chi connectivity index (χ4n) is 1.44. The van der Waals surface area contributed by atoms with Crippen molar-refractivity contribution in [2.24, 2.45) is 10.7 Å². The molecule has 0 spiro atoms. The average molecular weight is 355 g/mol. The molecule has 0 bridgehead atoms. The minimum absolute atomic E-state index is 0.472. The number of benzene rings is 1. The van der Waals surface area contributed by atoms with Crippen LogP contribution in [0.2, 0.25) is 0 Å². The molecule has 0 aliphatic rings. The highest BCUT2D eigenvalue weighted by atomic mass is 79.9. The van der Waals surface area contributed by atoms with E-state index < -0.39 is 0 Å². The van der Waals surface area contributed by atoms with E-state index in [-0.39, 0.29) is 0 Å². The highest BCUT2D eigenvalue weighted by molar-refractivity contribution is 9.10. The molecule has 2 aromatic rings. The van der Waals surface area contributed by atoms with E-state index in [1.54, 1.807) is 6.26 Å². The fourth-order valence-corrected chi connectivity index (χ4v) is 2.24. The Morgan fingerprint density at radius 3 is 2.80 bits per heavy atom. The fraction of sp³-hybridized carbons (Fsp3) is 0.214. The average Bonchev–Trinajstić information content (AvgIpc) is 2.96. The van der Waals surface area contributed by atoms with Gasteiger partial charge >= 0.3 is 0 Å². The van der Waals surface area contributed by atoms with E-state index >= 15 is 0 Å². The predicted octanol–water partition coefficient (Wildman–Crippen LogP) is 3.67. The molecule has 106 valence electrons. The first-order valence-electron chi connectivity index (χ1n) is 6.07. The number of hydrogen-bond acceptors (Lipinski definition) is 4. The van der Waals surface area contributed by atoms with Crippen LogP contribution in [-0.4, -0.2) is 17.5 Å². The maximum Gasteiger partial charge on any atom is 0.154 e. The van der Waals surface area contributed by atoms with Crippen LogP contribution in [0.25, 0.3) is 0 Å². The van der Waals surface area contributed by atoms with Crippen LogP contribution >= 0.6 is 27.7 Å². The Labute approximate surface area is 130 Å². The Kier molecular flexibility index (Phi) is 6.01. The first-order chi connectivity index (χ1) is 9.74. The van der Waals surface area contributed by atoms with E-state index in [1.807, 2.05) is 36.4 Å². The lowest BCUT2D eigenvalue weighted by Crippen LogP contribution is -2.10. The molecule has 1 aromatic carbocycles. The summed E-state index contributed by atoms with van der Waals surface area (Å²) in [5.74, 6) is 2.41. The van der Waals surface area contributed by atoms with Crippen LogP contribution in [0.4, 0.5) is 0 Å². The molecule has 0 aliphatic carbocycles. The lowest BCUT2D eigenvalue weighted by atomic mass is 10.3. The zero-order chi connectivity index (χ0) is 14.2. The molecule has 1 aromatic heterocycles. The van der Waals surface area contributed by atoms with Gasteiger partial charge in [0.15, 0.2) is 5.17 Å². The molecule has 0 fully saturated rings. The monoisotopic (exact) mass is 354 g/mol. The van der Waals surface area contributed by atoms with Crippen LogP contribution in [0.15, 0.2) is 56.5 Å². The molecule has 0 radical (unpaired) electrons. The number of hydrogen-bond donors (Lipinski definition) is 1. The number of nitrogens with two attached hydrogens (primary N) is 1. The van der Waals surface area contributed by atoms with Gasteiger partial charge in [0.1, 0.15) is 11.5 Å². The Balaban J connectivity index is 1.65. The normalized spacial score (nSPS) is 11.6. The van der Waals surface area contributed by atoms with Gasteiger partial charge in [0.2, 0.25) is 0 Å². The molecule has 2 rings (SSSR count). The van der Waals surface area contributed by atoms with E-state index in [1.165, 1.54) is 11.8 Å². The van der Waals surface area contributed by atoms with Crippen molar-refractivity contribution in [3.05, 3.63) is 52.9 Å². The summed E-state index contributed by atoms with van der Waals surface area (Å²) in [6, 6.07) is 11.4. The van der Waals surface area contributed by atoms with Gasteiger partial charge in [-0.2, -0.15) is 0 Å². The maximum atomic E-state index is 5.80. The Bertz CT molecular complexity index is 541. The summed E-state index contributed by atoms with van der Waals surface area (Å²) in [5.41, 5.74) is 5.80. The van der Waals surface area contributed by atoms with Gasteiger partial charge < -0.3 is 14.9 Å². The van der Waals surface area contributed by atoms with Gasteiger partial charge in [-0.25, -0.2) is 0 Å². The van der Waals surface area contributed by atoms with Gasteiger partial charge in [0, 0.05) is 10.2 Å². The molecule has 0 amide bonds. The van der Waals surface area contributed by atoms with Gasteiger partial charge in [-0.1, -0.05) is 27.7 Å². The first-order valence-corrected chi connectivity index (χ1v) is 7.85. The number of ether oxygens (including phenoxy) is 1. The van der Waals surface area contributed by atoms with E-state index in [0.717, 1.165) is 21.7 Å². The van der Waals surface area contributed by atoms with Crippen molar-refractivity contribution in [2.75, 3.05) is 12.4 Å². The summed E-state index contributed by atoms with van der Waals surface area (Å²) in [6.45, 7) is 1.06. The highest BCUT2D eigenvalue weighted by Crippen LogP contribution is 2.16. The molecule has 1 heterocycles. The Morgan fingerprint density at radius 2 is 2.10 bits per heavy atom. The summed E-state index contributed by atoms with van der Waals surface area (Å²) in [4.78, 5) is 4.22. The zero-order valence-corrected chi connectivity index (χ0v) is 13.2. The largest absolute Gasteiger partial charge is 0.493 e. The number of furan rings is 1. The Hall–Kier alpha value is -1.40. The van der Waals surface area contributed by atoms with Crippen LogP contribution in [0.5, 0.6) is 5.75 Å².